The maximum absolute atomic E-state index is 12.1. The van der Waals surface area contributed by atoms with Gasteiger partial charge in [-0.2, -0.15) is 0 Å². The van der Waals surface area contributed by atoms with Gasteiger partial charge in [0.2, 0.25) is 5.75 Å². The standard InChI is InChI=1S/C14H16N2O7/c1-7(12(17)16-14(15)19)23-13(18)8-5-9(20-2)11-10(6-8)21-3-4-22-11/h5-7H,3-4H2,1-2H3,(H3,15,16,17,19)/t7-/m1/s1. The number of urea groups is 1. The van der Waals surface area contributed by atoms with Crippen molar-refractivity contribution in [2.24, 2.45) is 5.73 Å². The quantitative estimate of drug-likeness (QED) is 0.758. The number of ether oxygens (including phenoxy) is 4. The molecule has 1 aromatic rings. The summed E-state index contributed by atoms with van der Waals surface area (Å²) in [6, 6.07) is 1.81. The molecule has 23 heavy (non-hydrogen) atoms. The van der Waals surface area contributed by atoms with Gasteiger partial charge in [-0.25, -0.2) is 9.59 Å². The third kappa shape index (κ3) is 3.82. The van der Waals surface area contributed by atoms with E-state index in [1.54, 1.807) is 0 Å². The van der Waals surface area contributed by atoms with Gasteiger partial charge in [0.05, 0.1) is 12.7 Å². The number of nitrogens with two attached hydrogens (primary N) is 1. The van der Waals surface area contributed by atoms with Crippen LogP contribution in [0.15, 0.2) is 12.1 Å². The van der Waals surface area contributed by atoms with Crippen LogP contribution in [0.25, 0.3) is 0 Å². The molecule has 0 aromatic heterocycles. The van der Waals surface area contributed by atoms with Crippen LogP contribution in [0.2, 0.25) is 0 Å². The second-order valence-corrected chi connectivity index (χ2v) is 4.60. The zero-order valence-electron chi connectivity index (χ0n) is 12.6. The first-order valence-electron chi connectivity index (χ1n) is 6.71. The van der Waals surface area contributed by atoms with Crippen molar-refractivity contribution in [2.45, 2.75) is 13.0 Å². The number of primary amides is 1. The summed E-state index contributed by atoms with van der Waals surface area (Å²) in [5.41, 5.74) is 4.94. The van der Waals surface area contributed by atoms with Gasteiger partial charge in [-0.15, -0.1) is 0 Å². The topological polar surface area (TPSA) is 126 Å². The number of imide groups is 1. The van der Waals surface area contributed by atoms with E-state index in [0.29, 0.717) is 30.5 Å². The van der Waals surface area contributed by atoms with E-state index in [9.17, 15) is 14.4 Å². The summed E-state index contributed by atoms with van der Waals surface area (Å²) in [6.07, 6.45) is -1.20. The Balaban J connectivity index is 2.16. The maximum atomic E-state index is 12.1. The molecular weight excluding hydrogens is 308 g/mol. The highest BCUT2D eigenvalue weighted by Crippen LogP contribution is 2.40. The monoisotopic (exact) mass is 324 g/mol. The predicted octanol–water partition coefficient (Wildman–Crippen LogP) is 0.207. The first kappa shape index (κ1) is 16.4. The summed E-state index contributed by atoms with van der Waals surface area (Å²) < 4.78 is 21.0. The van der Waals surface area contributed by atoms with Crippen LogP contribution in [0.4, 0.5) is 4.79 Å². The van der Waals surface area contributed by atoms with Crippen LogP contribution in [-0.4, -0.2) is 44.3 Å². The number of fused-ring (bicyclic) bond motifs is 1. The molecule has 3 amide bonds. The molecule has 1 aliphatic rings. The molecule has 0 saturated heterocycles. The highest BCUT2D eigenvalue weighted by atomic mass is 16.6. The zero-order chi connectivity index (χ0) is 17.0. The minimum absolute atomic E-state index is 0.116. The minimum atomic E-state index is -1.20. The van der Waals surface area contributed by atoms with Crippen molar-refractivity contribution in [1.82, 2.24) is 5.32 Å². The van der Waals surface area contributed by atoms with Gasteiger partial charge in [-0.1, -0.05) is 0 Å². The minimum Gasteiger partial charge on any atom is -0.493 e. The van der Waals surface area contributed by atoms with Gasteiger partial charge >= 0.3 is 12.0 Å². The van der Waals surface area contributed by atoms with Crippen LogP contribution in [-0.2, 0) is 9.53 Å². The molecule has 2 rings (SSSR count). The first-order valence-corrected chi connectivity index (χ1v) is 6.71. The fourth-order valence-corrected chi connectivity index (χ4v) is 1.90. The highest BCUT2D eigenvalue weighted by molar-refractivity contribution is 5.98. The van der Waals surface area contributed by atoms with Crippen molar-refractivity contribution in [3.05, 3.63) is 17.7 Å². The average molecular weight is 324 g/mol. The average Bonchev–Trinajstić information content (AvgIpc) is 2.52. The lowest BCUT2D eigenvalue weighted by molar-refractivity contribution is -0.127. The lowest BCUT2D eigenvalue weighted by Gasteiger charge is -2.21. The Labute approximate surface area is 131 Å². The van der Waals surface area contributed by atoms with Gasteiger partial charge in [-0.3, -0.25) is 10.1 Å². The summed E-state index contributed by atoms with van der Waals surface area (Å²) in [7, 11) is 1.42. The Kier molecular flexibility index (Phi) is 4.89. The van der Waals surface area contributed by atoms with Crippen molar-refractivity contribution in [1.29, 1.82) is 0 Å². The number of carbonyl (C=O) groups excluding carboxylic acids is 3. The number of esters is 1. The summed E-state index contributed by atoms with van der Waals surface area (Å²) in [5.74, 6) is -0.558. The van der Waals surface area contributed by atoms with E-state index in [-0.39, 0.29) is 5.56 Å². The lowest BCUT2D eigenvalue weighted by atomic mass is 10.1. The largest absolute Gasteiger partial charge is 0.493 e. The molecule has 0 unspecified atom stereocenters. The zero-order valence-corrected chi connectivity index (χ0v) is 12.6. The summed E-state index contributed by atoms with van der Waals surface area (Å²) in [5, 5.41) is 1.83. The van der Waals surface area contributed by atoms with Crippen LogP contribution in [0.3, 0.4) is 0 Å². The van der Waals surface area contributed by atoms with E-state index in [1.165, 1.54) is 26.2 Å². The third-order valence-corrected chi connectivity index (χ3v) is 2.96. The number of hydrogen-bond donors (Lipinski definition) is 2. The van der Waals surface area contributed by atoms with Gasteiger partial charge in [0.15, 0.2) is 17.6 Å². The second-order valence-electron chi connectivity index (χ2n) is 4.60. The summed E-state index contributed by atoms with van der Waals surface area (Å²) in [6.45, 7) is 2.02. The number of benzene rings is 1. The molecule has 0 saturated carbocycles. The van der Waals surface area contributed by atoms with Gasteiger partial charge in [0.25, 0.3) is 5.91 Å². The predicted molar refractivity (Wildman–Crippen MR) is 76.6 cm³/mol. The smallest absolute Gasteiger partial charge is 0.339 e. The molecule has 1 aromatic carbocycles. The van der Waals surface area contributed by atoms with E-state index >= 15 is 0 Å². The molecule has 9 heteroatoms. The van der Waals surface area contributed by atoms with E-state index in [4.69, 9.17) is 24.7 Å². The maximum Gasteiger partial charge on any atom is 0.339 e. The second kappa shape index (κ2) is 6.86. The Bertz CT molecular complexity index is 627. The Morgan fingerprint density at radius 2 is 1.96 bits per heavy atom. The lowest BCUT2D eigenvalue weighted by Crippen LogP contribution is -2.42. The van der Waals surface area contributed by atoms with Crippen LogP contribution in [0.1, 0.15) is 17.3 Å². The first-order chi connectivity index (χ1) is 10.9. The molecule has 0 aliphatic carbocycles. The van der Waals surface area contributed by atoms with Crippen molar-refractivity contribution in [2.75, 3.05) is 20.3 Å². The molecular formula is C14H16N2O7. The Morgan fingerprint density at radius 3 is 2.61 bits per heavy atom. The third-order valence-electron chi connectivity index (χ3n) is 2.96. The summed E-state index contributed by atoms with van der Waals surface area (Å²) >= 11 is 0. The molecule has 1 atom stereocenters. The SMILES string of the molecule is COc1cc(C(=O)O[C@H](C)C(=O)NC(N)=O)cc2c1OCCO2. The van der Waals surface area contributed by atoms with E-state index in [1.807, 2.05) is 5.32 Å². The normalized spacial score (nSPS) is 13.7. The molecule has 0 bridgehead atoms. The van der Waals surface area contributed by atoms with Crippen LogP contribution in [0, 0.1) is 0 Å². The van der Waals surface area contributed by atoms with Crippen molar-refractivity contribution in [3.8, 4) is 17.2 Å². The van der Waals surface area contributed by atoms with Crippen molar-refractivity contribution >= 4 is 17.9 Å². The van der Waals surface area contributed by atoms with E-state index < -0.39 is 24.0 Å². The van der Waals surface area contributed by atoms with Gasteiger partial charge in [0, 0.05) is 0 Å². The number of methoxy groups -OCH3 is 1. The molecule has 0 radical (unpaired) electrons. The number of amides is 3. The van der Waals surface area contributed by atoms with Crippen LogP contribution in [0.5, 0.6) is 17.2 Å². The van der Waals surface area contributed by atoms with E-state index in [0.717, 1.165) is 0 Å². The number of nitrogens with one attached hydrogen (secondary N) is 1. The Morgan fingerprint density at radius 1 is 1.26 bits per heavy atom. The van der Waals surface area contributed by atoms with Gasteiger partial charge in [-0.05, 0) is 19.1 Å². The molecule has 0 fully saturated rings. The van der Waals surface area contributed by atoms with Crippen molar-refractivity contribution < 1.29 is 33.3 Å². The molecule has 1 heterocycles. The molecule has 9 nitrogen and oxygen atoms in total. The fraction of sp³-hybridized carbons (Fsp3) is 0.357. The number of carbonyl (C=O) groups is 3. The summed E-state index contributed by atoms with van der Waals surface area (Å²) in [4.78, 5) is 34.3. The van der Waals surface area contributed by atoms with Gasteiger partial charge < -0.3 is 24.7 Å². The molecule has 1 aliphatic heterocycles. The van der Waals surface area contributed by atoms with Gasteiger partial charge in [0.1, 0.15) is 13.2 Å². The highest BCUT2D eigenvalue weighted by Gasteiger charge is 2.24. The number of hydrogen-bond acceptors (Lipinski definition) is 7. The molecule has 124 valence electrons. The Hall–Kier alpha value is -2.97. The van der Waals surface area contributed by atoms with Crippen LogP contribution >= 0.6 is 0 Å². The van der Waals surface area contributed by atoms with E-state index in [2.05, 4.69) is 0 Å². The van der Waals surface area contributed by atoms with Crippen molar-refractivity contribution in [3.63, 3.8) is 0 Å². The fourth-order valence-electron chi connectivity index (χ4n) is 1.90. The van der Waals surface area contributed by atoms with Crippen LogP contribution < -0.4 is 25.3 Å². The molecule has 3 N–H and O–H groups in total. The molecule has 0 spiro atoms. The number of rotatable bonds is 4.